The van der Waals surface area contributed by atoms with Crippen LogP contribution in [0.5, 0.6) is 0 Å². The summed E-state index contributed by atoms with van der Waals surface area (Å²) in [6.45, 7) is 2.56. The number of H-pyrrole nitrogens is 1. The van der Waals surface area contributed by atoms with Gasteiger partial charge in [0.25, 0.3) is 0 Å². The van der Waals surface area contributed by atoms with Crippen LogP contribution in [0.25, 0.3) is 0 Å². The molecule has 29 nitrogen and oxygen atoms in total. The Kier molecular flexibility index (Phi) is 25.7. The van der Waals surface area contributed by atoms with E-state index in [1.807, 2.05) is 0 Å². The SMILES string of the molecule is C[C@H](NC(=O)[C@H](CCC(N)=O)NC(=O)[C@H](C)NC(=O)[C@H](Cc1cnc[nH]1)NC(=O)[C@H](CCCCN)NC(=O)[C@H](CCCN=C(N)N)NC(=O)[C@@H](CC(=O)O)NC(=O)[C@H](N)CCC(=O)O)C(=O)O. The van der Waals surface area contributed by atoms with Crippen LogP contribution in [-0.4, -0.2) is 158 Å². The van der Waals surface area contributed by atoms with Gasteiger partial charge in [-0.3, -0.25) is 57.7 Å². The van der Waals surface area contributed by atoms with E-state index >= 15 is 0 Å². The summed E-state index contributed by atoms with van der Waals surface area (Å²) in [5, 5.41) is 44.2. The topological polar surface area (TPSA) is 504 Å². The van der Waals surface area contributed by atoms with Gasteiger partial charge >= 0.3 is 17.9 Å². The van der Waals surface area contributed by atoms with Crippen molar-refractivity contribution in [3.63, 3.8) is 0 Å². The van der Waals surface area contributed by atoms with Gasteiger partial charge in [0.15, 0.2) is 5.96 Å². The first-order valence-corrected chi connectivity index (χ1v) is 21.0. The van der Waals surface area contributed by atoms with Gasteiger partial charge in [0.05, 0.1) is 18.8 Å². The van der Waals surface area contributed by atoms with E-state index in [2.05, 4.69) is 52.2 Å². The van der Waals surface area contributed by atoms with E-state index in [-0.39, 0.29) is 70.4 Å². The third-order valence-corrected chi connectivity index (χ3v) is 9.58. The molecule has 8 amide bonds. The number of aliphatic carboxylic acids is 3. The molecule has 0 aromatic carbocycles. The molecule has 1 rings (SSSR count). The number of guanidine groups is 1. The fraction of sp³-hybridized carbons (Fsp3) is 0.605. The number of primary amides is 1. The number of carboxylic acid groups (broad SMARTS) is 3. The molecule has 0 aliphatic carbocycles. The summed E-state index contributed by atoms with van der Waals surface area (Å²) in [6.07, 6.45) is 0.293. The third-order valence-electron chi connectivity index (χ3n) is 9.58. The number of unbranched alkanes of at least 4 members (excludes halogenated alkanes) is 1. The van der Waals surface area contributed by atoms with Crippen molar-refractivity contribution >= 4 is 71.1 Å². The Hall–Kier alpha value is -7.43. The number of carbonyl (C=O) groups excluding carboxylic acids is 8. The molecule has 0 fully saturated rings. The summed E-state index contributed by atoms with van der Waals surface area (Å²) >= 11 is 0. The molecule has 0 radical (unpaired) electrons. The molecule has 0 unspecified atom stereocenters. The first-order valence-electron chi connectivity index (χ1n) is 21.0. The molecule has 1 heterocycles. The van der Waals surface area contributed by atoms with Gasteiger partial charge in [-0.15, -0.1) is 0 Å². The molecular formula is C38H63N15O14. The molecule has 1 aromatic rings. The number of carbonyl (C=O) groups is 11. The lowest BCUT2D eigenvalue weighted by Crippen LogP contribution is -2.60. The van der Waals surface area contributed by atoms with Gasteiger partial charge in [-0.05, 0) is 65.3 Å². The Balaban J connectivity index is 3.44. The highest BCUT2D eigenvalue weighted by atomic mass is 16.4. The van der Waals surface area contributed by atoms with Crippen molar-refractivity contribution in [2.45, 2.75) is 133 Å². The van der Waals surface area contributed by atoms with Crippen molar-refractivity contribution in [3.8, 4) is 0 Å². The minimum atomic E-state index is -1.80. The number of aromatic amines is 1. The Morgan fingerprint density at radius 2 is 1.12 bits per heavy atom. The molecule has 1 aromatic heterocycles. The normalized spacial score (nSPS) is 14.4. The van der Waals surface area contributed by atoms with Crippen LogP contribution in [0.1, 0.15) is 83.7 Å². The lowest BCUT2D eigenvalue weighted by molar-refractivity contribution is -0.142. The maximum Gasteiger partial charge on any atom is 0.325 e. The summed E-state index contributed by atoms with van der Waals surface area (Å²) in [6, 6.07) is -11.9. The monoisotopic (exact) mass is 953 g/mol. The van der Waals surface area contributed by atoms with Gasteiger partial charge < -0.3 is 86.2 Å². The lowest BCUT2D eigenvalue weighted by atomic mass is 10.0. The number of nitrogens with two attached hydrogens (primary N) is 5. The first-order chi connectivity index (χ1) is 31.4. The molecule has 8 atom stereocenters. The lowest BCUT2D eigenvalue weighted by Gasteiger charge is -2.27. The van der Waals surface area contributed by atoms with E-state index < -0.39 is 126 Å². The highest BCUT2D eigenvalue weighted by Gasteiger charge is 2.34. The molecule has 0 saturated heterocycles. The Labute approximate surface area is 383 Å². The molecule has 374 valence electrons. The van der Waals surface area contributed by atoms with Gasteiger partial charge in [0, 0.05) is 37.7 Å². The number of amides is 8. The Bertz CT molecular complexity index is 1910. The van der Waals surface area contributed by atoms with E-state index in [1.54, 1.807) is 0 Å². The molecule has 0 aliphatic heterocycles. The number of aromatic nitrogens is 2. The quantitative estimate of drug-likeness (QED) is 0.0177. The molecule has 0 saturated carbocycles. The number of rotatable bonds is 33. The van der Waals surface area contributed by atoms with Crippen molar-refractivity contribution in [2.75, 3.05) is 13.1 Å². The van der Waals surface area contributed by atoms with Crippen LogP contribution in [0.4, 0.5) is 0 Å². The minimum absolute atomic E-state index is 0.0396. The number of imidazole rings is 1. The van der Waals surface area contributed by atoms with Crippen LogP contribution in [0.3, 0.4) is 0 Å². The van der Waals surface area contributed by atoms with E-state index in [4.69, 9.17) is 33.8 Å². The van der Waals surface area contributed by atoms with E-state index in [0.29, 0.717) is 12.1 Å². The number of aliphatic imine (C=N–C) groups is 1. The molecule has 0 aliphatic rings. The largest absolute Gasteiger partial charge is 0.481 e. The standard InChI is InChI=1S/C38H63N15O14/c1-18(30(59)49-24(9-10-27(41)54)32(61)48-19(2)37(66)67)47-35(64)25(14-20-16-44-17-46-20)53-34(63)22(6-3-4-12-39)50-33(62)23(7-5-13-45-38(42)43)51-36(65)26(15-29(57)58)52-31(60)21(40)8-11-28(55)56/h16-19,21-26H,3-15,39-40H2,1-2H3,(H2,41,54)(H,44,46)(H,47,64)(H,48,61)(H,49,59)(H,50,62)(H,51,65)(H,52,60)(H,53,63)(H,55,56)(H,57,58)(H,66,67)(H4,42,43,45)/t18-,19-,21+,22-,23-,24-,25-,26+/m0/s1. The van der Waals surface area contributed by atoms with Crippen molar-refractivity contribution in [1.82, 2.24) is 47.2 Å². The fourth-order valence-corrected chi connectivity index (χ4v) is 5.86. The van der Waals surface area contributed by atoms with Crippen LogP contribution in [0.2, 0.25) is 0 Å². The maximum absolute atomic E-state index is 14.0. The first kappa shape index (κ1) is 57.6. The second kappa shape index (κ2) is 29.9. The molecular weight excluding hydrogens is 891 g/mol. The van der Waals surface area contributed by atoms with Crippen molar-refractivity contribution in [1.29, 1.82) is 0 Å². The molecule has 21 N–H and O–H groups in total. The van der Waals surface area contributed by atoms with Crippen LogP contribution < -0.4 is 65.9 Å². The summed E-state index contributed by atoms with van der Waals surface area (Å²) in [5.74, 6) is -12.2. The van der Waals surface area contributed by atoms with Gasteiger partial charge in [0.2, 0.25) is 47.3 Å². The maximum atomic E-state index is 14.0. The van der Waals surface area contributed by atoms with Gasteiger partial charge in [-0.1, -0.05) is 0 Å². The van der Waals surface area contributed by atoms with E-state index in [9.17, 15) is 63.0 Å². The highest BCUT2D eigenvalue weighted by Crippen LogP contribution is 2.09. The molecule has 29 heteroatoms. The molecule has 0 spiro atoms. The van der Waals surface area contributed by atoms with Crippen molar-refractivity contribution in [2.24, 2.45) is 33.7 Å². The van der Waals surface area contributed by atoms with Crippen LogP contribution in [0.15, 0.2) is 17.5 Å². The summed E-state index contributed by atoms with van der Waals surface area (Å²) < 4.78 is 0. The molecule has 67 heavy (non-hydrogen) atoms. The number of nitrogens with zero attached hydrogens (tertiary/aromatic N) is 2. The smallest absolute Gasteiger partial charge is 0.325 e. The van der Waals surface area contributed by atoms with Crippen LogP contribution >= 0.6 is 0 Å². The second-order valence-electron chi connectivity index (χ2n) is 15.3. The highest BCUT2D eigenvalue weighted by molar-refractivity contribution is 5.98. The number of carboxylic acids is 3. The minimum Gasteiger partial charge on any atom is -0.481 e. The predicted octanol–water partition coefficient (Wildman–Crippen LogP) is -6.41. The Morgan fingerprint density at radius 1 is 0.612 bits per heavy atom. The van der Waals surface area contributed by atoms with Crippen molar-refractivity contribution < 1.29 is 68.1 Å². The average molecular weight is 954 g/mol. The van der Waals surface area contributed by atoms with Crippen LogP contribution in [-0.2, 0) is 59.2 Å². The van der Waals surface area contributed by atoms with Gasteiger partial charge in [-0.25, -0.2) is 4.98 Å². The summed E-state index contributed by atoms with van der Waals surface area (Å²) in [4.78, 5) is 150. The molecule has 0 bridgehead atoms. The number of hydrogen-bond acceptors (Lipinski definition) is 15. The third kappa shape index (κ3) is 23.4. The van der Waals surface area contributed by atoms with E-state index in [1.165, 1.54) is 26.4 Å². The van der Waals surface area contributed by atoms with Gasteiger partial charge in [-0.2, -0.15) is 0 Å². The second-order valence-corrected chi connectivity index (χ2v) is 15.3. The summed E-state index contributed by atoms with van der Waals surface area (Å²) in [7, 11) is 0. The van der Waals surface area contributed by atoms with Crippen LogP contribution in [0, 0.1) is 0 Å². The predicted molar refractivity (Wildman–Crippen MR) is 233 cm³/mol. The zero-order chi connectivity index (χ0) is 50.8. The Morgan fingerprint density at radius 3 is 1.64 bits per heavy atom. The average Bonchev–Trinajstić information content (AvgIpc) is 3.76. The fourth-order valence-electron chi connectivity index (χ4n) is 5.86. The summed E-state index contributed by atoms with van der Waals surface area (Å²) in [5.41, 5.74) is 27.8. The van der Waals surface area contributed by atoms with Gasteiger partial charge in [0.1, 0.15) is 42.3 Å². The van der Waals surface area contributed by atoms with E-state index in [0.717, 1.165) is 0 Å². The zero-order valence-electron chi connectivity index (χ0n) is 37.1. The zero-order valence-corrected chi connectivity index (χ0v) is 37.1. The van der Waals surface area contributed by atoms with Crippen molar-refractivity contribution in [3.05, 3.63) is 18.2 Å². The number of nitrogens with one attached hydrogen (secondary N) is 8. The number of hydrogen-bond donors (Lipinski definition) is 16.